The number of rotatable bonds is 6. The number of nitrogens with zero attached hydrogens (tertiary/aromatic N) is 2. The highest BCUT2D eigenvalue weighted by molar-refractivity contribution is 6.30. The average Bonchev–Trinajstić information content (AvgIpc) is 2.86. The maximum Gasteiger partial charge on any atom is 0.268 e. The van der Waals surface area contributed by atoms with E-state index >= 15 is 0 Å². The lowest BCUT2D eigenvalue weighted by Crippen LogP contribution is -2.49. The molecule has 0 atom stereocenters. The van der Waals surface area contributed by atoms with Crippen LogP contribution in [0.15, 0.2) is 78.9 Å². The van der Waals surface area contributed by atoms with Gasteiger partial charge in [-0.3, -0.25) is 9.59 Å². The third kappa shape index (κ3) is 5.51. The number of piperazine rings is 1. The number of benzene rings is 3. The molecular formula is C27H28ClN3O3. The average molecular weight is 478 g/mol. The Hall–Kier alpha value is -3.51. The fourth-order valence-corrected chi connectivity index (χ4v) is 4.01. The van der Waals surface area contributed by atoms with Crippen molar-refractivity contribution in [3.63, 3.8) is 0 Å². The minimum Gasteiger partial charge on any atom is -0.478 e. The van der Waals surface area contributed by atoms with E-state index in [1.165, 1.54) is 0 Å². The van der Waals surface area contributed by atoms with Gasteiger partial charge in [0.25, 0.3) is 11.8 Å². The number of nitrogens with one attached hydrogen (secondary N) is 1. The predicted molar refractivity (Wildman–Crippen MR) is 136 cm³/mol. The molecule has 0 aliphatic carbocycles. The van der Waals surface area contributed by atoms with E-state index in [1.54, 1.807) is 38.1 Å². The zero-order valence-electron chi connectivity index (χ0n) is 19.3. The highest BCUT2D eigenvalue weighted by atomic mass is 35.5. The smallest absolute Gasteiger partial charge is 0.268 e. The van der Waals surface area contributed by atoms with Crippen molar-refractivity contribution in [3.05, 3.63) is 89.4 Å². The molecule has 6 nitrogen and oxygen atoms in total. The third-order valence-electron chi connectivity index (χ3n) is 5.81. The summed E-state index contributed by atoms with van der Waals surface area (Å²) in [6, 6.07) is 24.0. The molecule has 1 heterocycles. The fraction of sp³-hybridized carbons (Fsp3) is 0.259. The van der Waals surface area contributed by atoms with Crippen molar-refractivity contribution in [2.45, 2.75) is 19.4 Å². The van der Waals surface area contributed by atoms with Crippen molar-refractivity contribution in [1.29, 1.82) is 0 Å². The van der Waals surface area contributed by atoms with Crippen LogP contribution in [0.4, 0.5) is 11.4 Å². The fourth-order valence-electron chi connectivity index (χ4n) is 3.89. The second-order valence-corrected chi connectivity index (χ2v) is 9.12. The summed E-state index contributed by atoms with van der Waals surface area (Å²) in [5.41, 5.74) is 1.24. The van der Waals surface area contributed by atoms with Gasteiger partial charge in [0.15, 0.2) is 5.60 Å². The van der Waals surface area contributed by atoms with E-state index in [1.807, 2.05) is 59.5 Å². The van der Waals surface area contributed by atoms with Crippen LogP contribution in [0.5, 0.6) is 5.75 Å². The number of carbonyl (C=O) groups excluding carboxylic acids is 2. The molecule has 34 heavy (non-hydrogen) atoms. The summed E-state index contributed by atoms with van der Waals surface area (Å²) in [5.74, 6) is 0.354. The van der Waals surface area contributed by atoms with Crippen LogP contribution in [0, 0.1) is 0 Å². The van der Waals surface area contributed by atoms with E-state index in [0.29, 0.717) is 48.2 Å². The highest BCUT2D eigenvalue weighted by Gasteiger charge is 2.31. The first kappa shape index (κ1) is 23.6. The predicted octanol–water partition coefficient (Wildman–Crippen LogP) is 5.10. The Labute approximate surface area is 205 Å². The molecule has 0 bridgehead atoms. The molecule has 0 radical (unpaired) electrons. The summed E-state index contributed by atoms with van der Waals surface area (Å²) >= 11 is 5.94. The minimum absolute atomic E-state index is 0.0444. The molecule has 2 amide bonds. The molecular weight excluding hydrogens is 450 g/mol. The monoisotopic (exact) mass is 477 g/mol. The van der Waals surface area contributed by atoms with Gasteiger partial charge < -0.3 is 19.9 Å². The van der Waals surface area contributed by atoms with E-state index in [9.17, 15) is 9.59 Å². The molecule has 176 valence electrons. The molecule has 4 rings (SSSR count). The lowest BCUT2D eigenvalue weighted by atomic mass is 10.1. The molecule has 3 aromatic carbocycles. The van der Waals surface area contributed by atoms with E-state index in [-0.39, 0.29) is 11.8 Å². The molecule has 3 aromatic rings. The molecule has 1 N–H and O–H groups in total. The standard InChI is InChI=1S/C27H28ClN3O3/c1-27(2,34-22-14-12-21(28)13-15-22)26(33)29-23-10-6-7-11-24(23)30-16-18-31(19-17-30)25(32)20-8-4-3-5-9-20/h3-15H,16-19H2,1-2H3,(H,29,33). The van der Waals surface area contributed by atoms with Crippen LogP contribution in [0.25, 0.3) is 0 Å². The van der Waals surface area contributed by atoms with Crippen molar-refractivity contribution >= 4 is 34.8 Å². The maximum absolute atomic E-state index is 13.1. The van der Waals surface area contributed by atoms with Crippen LogP contribution in [0.2, 0.25) is 5.02 Å². The number of anilines is 2. The van der Waals surface area contributed by atoms with Crippen LogP contribution in [-0.2, 0) is 4.79 Å². The first-order valence-electron chi connectivity index (χ1n) is 11.3. The van der Waals surface area contributed by atoms with Crippen LogP contribution in [-0.4, -0.2) is 48.5 Å². The van der Waals surface area contributed by atoms with Crippen LogP contribution >= 0.6 is 11.6 Å². The zero-order valence-corrected chi connectivity index (χ0v) is 20.1. The van der Waals surface area contributed by atoms with Gasteiger partial charge in [-0.1, -0.05) is 41.9 Å². The maximum atomic E-state index is 13.1. The summed E-state index contributed by atoms with van der Waals surface area (Å²) in [6.45, 7) is 6.04. The largest absolute Gasteiger partial charge is 0.478 e. The van der Waals surface area contributed by atoms with E-state index < -0.39 is 5.60 Å². The van der Waals surface area contributed by atoms with Crippen LogP contribution < -0.4 is 15.0 Å². The molecule has 1 fully saturated rings. The van der Waals surface area contributed by atoms with E-state index in [4.69, 9.17) is 16.3 Å². The van der Waals surface area contributed by atoms with Gasteiger partial charge in [0, 0.05) is 36.8 Å². The van der Waals surface area contributed by atoms with E-state index in [2.05, 4.69) is 10.2 Å². The van der Waals surface area contributed by atoms with Crippen molar-refractivity contribution < 1.29 is 14.3 Å². The molecule has 1 aliphatic rings. The number of hydrogen-bond acceptors (Lipinski definition) is 4. The third-order valence-corrected chi connectivity index (χ3v) is 6.07. The first-order chi connectivity index (χ1) is 16.3. The van der Waals surface area contributed by atoms with Gasteiger partial charge in [0.05, 0.1) is 11.4 Å². The lowest BCUT2D eigenvalue weighted by Gasteiger charge is -2.37. The number of ether oxygens (including phenoxy) is 1. The Bertz CT molecular complexity index is 1140. The summed E-state index contributed by atoms with van der Waals surface area (Å²) < 4.78 is 5.93. The van der Waals surface area contributed by atoms with Gasteiger partial charge in [-0.25, -0.2) is 0 Å². The SMILES string of the molecule is CC(C)(Oc1ccc(Cl)cc1)C(=O)Nc1ccccc1N1CCN(C(=O)c2ccccc2)CC1. The second-order valence-electron chi connectivity index (χ2n) is 8.68. The number of hydrogen-bond donors (Lipinski definition) is 1. The van der Waals surface area contributed by atoms with Gasteiger partial charge >= 0.3 is 0 Å². The number of para-hydroxylation sites is 2. The normalized spacial score (nSPS) is 14.0. The molecule has 0 spiro atoms. The Morgan fingerprint density at radius 1 is 0.853 bits per heavy atom. The summed E-state index contributed by atoms with van der Waals surface area (Å²) in [7, 11) is 0. The Kier molecular flexibility index (Phi) is 7.08. The molecule has 1 aliphatic heterocycles. The molecule has 0 unspecified atom stereocenters. The van der Waals surface area contributed by atoms with Gasteiger partial charge in [-0.2, -0.15) is 0 Å². The first-order valence-corrected chi connectivity index (χ1v) is 11.7. The summed E-state index contributed by atoms with van der Waals surface area (Å²) in [5, 5.41) is 3.63. The minimum atomic E-state index is -1.10. The van der Waals surface area contributed by atoms with Crippen LogP contribution in [0.3, 0.4) is 0 Å². The van der Waals surface area contributed by atoms with Gasteiger partial charge in [0.1, 0.15) is 5.75 Å². The second kappa shape index (κ2) is 10.2. The summed E-state index contributed by atoms with van der Waals surface area (Å²) in [6.07, 6.45) is 0. The zero-order chi connectivity index (χ0) is 24.1. The Morgan fingerprint density at radius 3 is 2.15 bits per heavy atom. The lowest BCUT2D eigenvalue weighted by molar-refractivity contribution is -0.128. The van der Waals surface area contributed by atoms with Crippen molar-refractivity contribution in [1.82, 2.24) is 4.90 Å². The van der Waals surface area contributed by atoms with Gasteiger partial charge in [0.2, 0.25) is 0 Å². The highest BCUT2D eigenvalue weighted by Crippen LogP contribution is 2.29. The van der Waals surface area contributed by atoms with Crippen molar-refractivity contribution in [3.8, 4) is 5.75 Å². The quantitative estimate of drug-likeness (QED) is 0.536. The van der Waals surface area contributed by atoms with E-state index in [0.717, 1.165) is 5.69 Å². The van der Waals surface area contributed by atoms with Crippen molar-refractivity contribution in [2.75, 3.05) is 36.4 Å². The molecule has 1 saturated heterocycles. The number of amides is 2. The van der Waals surface area contributed by atoms with Gasteiger partial charge in [-0.05, 0) is 62.4 Å². The topological polar surface area (TPSA) is 61.9 Å². The molecule has 0 saturated carbocycles. The van der Waals surface area contributed by atoms with Crippen LogP contribution in [0.1, 0.15) is 24.2 Å². The molecule has 0 aromatic heterocycles. The van der Waals surface area contributed by atoms with Gasteiger partial charge in [-0.15, -0.1) is 0 Å². The molecule has 7 heteroatoms. The van der Waals surface area contributed by atoms with Crippen molar-refractivity contribution in [2.24, 2.45) is 0 Å². The summed E-state index contributed by atoms with van der Waals surface area (Å²) in [4.78, 5) is 29.9. The Balaban J connectivity index is 1.41. The number of carbonyl (C=O) groups is 2. The Morgan fingerprint density at radius 2 is 1.47 bits per heavy atom. The number of halogens is 1.